The van der Waals surface area contributed by atoms with Gasteiger partial charge >= 0.3 is 5.97 Å². The van der Waals surface area contributed by atoms with Gasteiger partial charge in [-0.05, 0) is 11.4 Å². The molecule has 84 valence electrons. The van der Waals surface area contributed by atoms with E-state index >= 15 is 0 Å². The lowest BCUT2D eigenvalue weighted by Crippen LogP contribution is -2.35. The summed E-state index contributed by atoms with van der Waals surface area (Å²) in [7, 11) is 0. The quantitative estimate of drug-likeness (QED) is 0.835. The Morgan fingerprint density at radius 3 is 2.81 bits per heavy atom. The first-order chi connectivity index (χ1) is 7.65. The summed E-state index contributed by atoms with van der Waals surface area (Å²) >= 11 is 1.25. The number of amides is 1. The van der Waals surface area contributed by atoms with E-state index in [1.165, 1.54) is 11.3 Å². The number of nitrogens with zero attached hydrogens (tertiary/aromatic N) is 2. The lowest BCUT2D eigenvalue weighted by Gasteiger charge is -2.18. The Labute approximate surface area is 96.5 Å². The predicted molar refractivity (Wildman–Crippen MR) is 58.1 cm³/mol. The number of rotatable bonds is 5. The van der Waals surface area contributed by atoms with Gasteiger partial charge in [-0.3, -0.25) is 9.59 Å². The van der Waals surface area contributed by atoms with Crippen molar-refractivity contribution in [3.63, 3.8) is 0 Å². The van der Waals surface area contributed by atoms with Crippen molar-refractivity contribution in [3.8, 4) is 6.07 Å². The molecule has 0 aliphatic heterocycles. The lowest BCUT2D eigenvalue weighted by atomic mass is 10.3. The number of hydrogen-bond acceptors (Lipinski definition) is 4. The van der Waals surface area contributed by atoms with Gasteiger partial charge in [0.2, 0.25) is 0 Å². The van der Waals surface area contributed by atoms with Gasteiger partial charge in [0.15, 0.2) is 0 Å². The van der Waals surface area contributed by atoms with Crippen LogP contribution in [0.15, 0.2) is 17.5 Å². The Kier molecular flexibility index (Phi) is 4.48. The maximum Gasteiger partial charge on any atom is 0.323 e. The molecule has 0 unspecified atom stereocenters. The first-order valence-corrected chi connectivity index (χ1v) is 5.44. The highest BCUT2D eigenvalue weighted by atomic mass is 32.1. The maximum absolute atomic E-state index is 11.8. The van der Waals surface area contributed by atoms with E-state index in [1.807, 2.05) is 6.07 Å². The summed E-state index contributed by atoms with van der Waals surface area (Å²) < 4.78 is 0. The molecule has 0 saturated heterocycles. The topological polar surface area (TPSA) is 81.4 Å². The number of carboxylic acids is 1. The summed E-state index contributed by atoms with van der Waals surface area (Å²) in [5.74, 6) is -1.42. The normalized spacial score (nSPS) is 9.44. The average Bonchev–Trinajstić information content (AvgIpc) is 2.76. The number of carbonyl (C=O) groups excluding carboxylic acids is 1. The SMILES string of the molecule is N#CCCN(CC(=O)O)C(=O)c1cccs1. The molecule has 1 aromatic rings. The average molecular weight is 238 g/mol. The van der Waals surface area contributed by atoms with Crippen molar-refractivity contribution >= 4 is 23.2 Å². The minimum atomic E-state index is -1.08. The van der Waals surface area contributed by atoms with Crippen LogP contribution in [-0.2, 0) is 4.79 Å². The summed E-state index contributed by atoms with van der Waals surface area (Å²) in [6, 6.07) is 5.24. The first kappa shape index (κ1) is 12.2. The van der Waals surface area contributed by atoms with Crippen LogP contribution in [0.4, 0.5) is 0 Å². The Hall–Kier alpha value is -1.87. The Morgan fingerprint density at radius 2 is 2.31 bits per heavy atom. The summed E-state index contributed by atoms with van der Waals surface area (Å²) in [4.78, 5) is 24.0. The highest BCUT2D eigenvalue weighted by Crippen LogP contribution is 2.12. The standard InChI is InChI=1S/C10H10N2O3S/c11-4-2-5-12(7-9(13)14)10(15)8-3-1-6-16-8/h1,3,6H,2,5,7H2,(H,13,14). The second kappa shape index (κ2) is 5.88. The molecule has 0 bridgehead atoms. The third kappa shape index (κ3) is 3.37. The van der Waals surface area contributed by atoms with Crippen molar-refractivity contribution in [2.45, 2.75) is 6.42 Å². The van der Waals surface area contributed by atoms with Crippen molar-refractivity contribution < 1.29 is 14.7 Å². The van der Waals surface area contributed by atoms with Crippen LogP contribution in [0.5, 0.6) is 0 Å². The molecule has 1 amide bonds. The van der Waals surface area contributed by atoms with Crippen LogP contribution in [0.25, 0.3) is 0 Å². The predicted octanol–water partition coefficient (Wildman–Crippen LogP) is 1.19. The summed E-state index contributed by atoms with van der Waals surface area (Å²) in [6.45, 7) is -0.238. The molecule has 1 N–H and O–H groups in total. The summed E-state index contributed by atoms with van der Waals surface area (Å²) in [6.07, 6.45) is 0.129. The fourth-order valence-electron chi connectivity index (χ4n) is 1.16. The molecule has 5 nitrogen and oxygen atoms in total. The molecular formula is C10H10N2O3S. The van der Waals surface area contributed by atoms with Gasteiger partial charge in [-0.25, -0.2) is 0 Å². The second-order valence-electron chi connectivity index (χ2n) is 3.01. The minimum absolute atomic E-state index is 0.129. The van der Waals surface area contributed by atoms with E-state index < -0.39 is 5.97 Å². The summed E-state index contributed by atoms with van der Waals surface area (Å²) in [5, 5.41) is 18.8. The molecule has 0 aromatic carbocycles. The molecule has 6 heteroatoms. The number of thiophene rings is 1. The molecule has 0 spiro atoms. The van der Waals surface area contributed by atoms with E-state index in [0.29, 0.717) is 4.88 Å². The van der Waals surface area contributed by atoms with Gasteiger partial charge in [-0.1, -0.05) is 6.07 Å². The smallest absolute Gasteiger partial charge is 0.323 e. The van der Waals surface area contributed by atoms with Crippen molar-refractivity contribution in [2.24, 2.45) is 0 Å². The van der Waals surface area contributed by atoms with Gasteiger partial charge in [-0.2, -0.15) is 5.26 Å². The number of carbonyl (C=O) groups is 2. The Bertz CT molecular complexity index is 408. The van der Waals surface area contributed by atoms with Gasteiger partial charge in [-0.15, -0.1) is 11.3 Å². The van der Waals surface area contributed by atoms with E-state index in [4.69, 9.17) is 10.4 Å². The highest BCUT2D eigenvalue weighted by molar-refractivity contribution is 7.12. The fourth-order valence-corrected chi connectivity index (χ4v) is 1.85. The molecule has 0 fully saturated rings. The molecule has 1 aromatic heterocycles. The number of nitriles is 1. The van der Waals surface area contributed by atoms with Crippen molar-refractivity contribution in [1.82, 2.24) is 4.90 Å². The zero-order chi connectivity index (χ0) is 12.0. The van der Waals surface area contributed by atoms with Crippen molar-refractivity contribution in [1.29, 1.82) is 5.26 Å². The molecule has 0 saturated carbocycles. The maximum atomic E-state index is 11.8. The fraction of sp³-hybridized carbons (Fsp3) is 0.300. The third-order valence-electron chi connectivity index (χ3n) is 1.84. The molecule has 0 aliphatic rings. The van der Waals surface area contributed by atoms with Crippen LogP contribution >= 0.6 is 11.3 Å². The van der Waals surface area contributed by atoms with Crippen LogP contribution in [-0.4, -0.2) is 35.0 Å². The Morgan fingerprint density at radius 1 is 1.56 bits per heavy atom. The van der Waals surface area contributed by atoms with Crippen LogP contribution in [0.2, 0.25) is 0 Å². The zero-order valence-corrected chi connectivity index (χ0v) is 9.24. The molecule has 0 radical (unpaired) electrons. The van der Waals surface area contributed by atoms with Crippen molar-refractivity contribution in [2.75, 3.05) is 13.1 Å². The van der Waals surface area contributed by atoms with E-state index in [9.17, 15) is 9.59 Å². The number of aliphatic carboxylic acids is 1. The van der Waals surface area contributed by atoms with Crippen LogP contribution in [0, 0.1) is 11.3 Å². The third-order valence-corrected chi connectivity index (χ3v) is 2.70. The lowest BCUT2D eigenvalue weighted by molar-refractivity contribution is -0.137. The Balaban J connectivity index is 2.72. The first-order valence-electron chi connectivity index (χ1n) is 4.56. The monoisotopic (exact) mass is 238 g/mol. The van der Waals surface area contributed by atoms with E-state index in [-0.39, 0.29) is 25.4 Å². The molecule has 0 aliphatic carbocycles. The van der Waals surface area contributed by atoms with Gasteiger partial charge < -0.3 is 10.0 Å². The van der Waals surface area contributed by atoms with Crippen LogP contribution < -0.4 is 0 Å². The van der Waals surface area contributed by atoms with Gasteiger partial charge in [0.05, 0.1) is 17.4 Å². The van der Waals surface area contributed by atoms with E-state index in [2.05, 4.69) is 0 Å². The second-order valence-corrected chi connectivity index (χ2v) is 3.95. The molecular weight excluding hydrogens is 228 g/mol. The largest absolute Gasteiger partial charge is 0.480 e. The number of hydrogen-bond donors (Lipinski definition) is 1. The molecule has 1 rings (SSSR count). The molecule has 1 heterocycles. The summed E-state index contributed by atoms with van der Waals surface area (Å²) in [5.41, 5.74) is 0. The van der Waals surface area contributed by atoms with Crippen LogP contribution in [0.1, 0.15) is 16.1 Å². The number of carboxylic acid groups (broad SMARTS) is 1. The van der Waals surface area contributed by atoms with Crippen LogP contribution in [0.3, 0.4) is 0 Å². The molecule has 16 heavy (non-hydrogen) atoms. The highest BCUT2D eigenvalue weighted by Gasteiger charge is 2.18. The van der Waals surface area contributed by atoms with E-state index in [1.54, 1.807) is 17.5 Å². The van der Waals surface area contributed by atoms with Gasteiger partial charge in [0, 0.05) is 6.54 Å². The van der Waals surface area contributed by atoms with Gasteiger partial charge in [0.25, 0.3) is 5.91 Å². The van der Waals surface area contributed by atoms with E-state index in [0.717, 1.165) is 4.90 Å². The zero-order valence-electron chi connectivity index (χ0n) is 8.42. The van der Waals surface area contributed by atoms with Gasteiger partial charge in [0.1, 0.15) is 6.54 Å². The van der Waals surface area contributed by atoms with Crippen molar-refractivity contribution in [3.05, 3.63) is 22.4 Å². The molecule has 0 atom stereocenters. The minimum Gasteiger partial charge on any atom is -0.480 e.